The van der Waals surface area contributed by atoms with Gasteiger partial charge in [0.15, 0.2) is 17.9 Å². The Balaban J connectivity index is 1.42. The van der Waals surface area contributed by atoms with Crippen LogP contribution in [0.25, 0.3) is 0 Å². The van der Waals surface area contributed by atoms with E-state index in [0.717, 1.165) is 0 Å². The van der Waals surface area contributed by atoms with Crippen molar-refractivity contribution in [3.05, 3.63) is 6.33 Å². The van der Waals surface area contributed by atoms with E-state index in [4.69, 9.17) is 20.3 Å². The molecule has 2 saturated heterocycles. The van der Waals surface area contributed by atoms with Crippen molar-refractivity contribution in [2.24, 2.45) is 0 Å². The maximum absolute atomic E-state index is 11.9. The predicted molar refractivity (Wildman–Crippen MR) is 107 cm³/mol. The first kappa shape index (κ1) is 24.3. The Morgan fingerprint density at radius 2 is 1.84 bits per heavy atom. The van der Waals surface area contributed by atoms with Crippen LogP contribution in [0.2, 0.25) is 0 Å². The average Bonchev–Trinajstić information content (AvgIpc) is 3.25. The lowest BCUT2D eigenvalue weighted by Gasteiger charge is -2.28. The summed E-state index contributed by atoms with van der Waals surface area (Å²) in [7, 11) is -10.8. The van der Waals surface area contributed by atoms with Crippen LogP contribution < -0.4 is 15.5 Å². The third-order valence-electron chi connectivity index (χ3n) is 4.70. The van der Waals surface area contributed by atoms with Crippen molar-refractivity contribution in [1.82, 2.24) is 9.97 Å². The van der Waals surface area contributed by atoms with E-state index >= 15 is 0 Å². The van der Waals surface area contributed by atoms with E-state index in [1.165, 1.54) is 6.33 Å². The molecule has 0 amide bonds. The highest BCUT2D eigenvalue weighted by Crippen LogP contribution is 2.66. The SMILES string of the molecule is Nc1ncnc2c1N1C[C@@H]1N2[C@@H]1O[C@H](COP(=O)(O)OP(=O)(O)OP(O)(O)=S)[C@@H](O)[C@H]1O. The van der Waals surface area contributed by atoms with Crippen molar-refractivity contribution in [3.63, 3.8) is 0 Å². The molecule has 0 radical (unpaired) electrons. The van der Waals surface area contributed by atoms with Crippen molar-refractivity contribution in [2.45, 2.75) is 30.7 Å². The van der Waals surface area contributed by atoms with Gasteiger partial charge in [0.25, 0.3) is 0 Å². The monoisotopic (exact) mass is 537 g/mol. The number of aliphatic hydroxyl groups is 2. The van der Waals surface area contributed by atoms with E-state index < -0.39 is 53.5 Å². The van der Waals surface area contributed by atoms with E-state index in [1.54, 1.807) is 4.90 Å². The van der Waals surface area contributed by atoms with Crippen LogP contribution in [0.15, 0.2) is 6.33 Å². The third-order valence-corrected chi connectivity index (χ3v) is 9.10. The molecule has 21 heteroatoms. The van der Waals surface area contributed by atoms with Gasteiger partial charge in [-0.2, -0.15) is 4.31 Å². The first-order valence-electron chi connectivity index (χ1n) is 8.64. The molecule has 0 saturated carbocycles. The van der Waals surface area contributed by atoms with Crippen molar-refractivity contribution in [1.29, 1.82) is 0 Å². The van der Waals surface area contributed by atoms with Crippen LogP contribution in [0.5, 0.6) is 0 Å². The van der Waals surface area contributed by atoms with Crippen LogP contribution in [0, 0.1) is 0 Å². The molecule has 1 aromatic rings. The summed E-state index contributed by atoms with van der Waals surface area (Å²) in [5.74, 6) is 0.586. The number of phosphoric ester groups is 1. The predicted octanol–water partition coefficient (Wildman–Crippen LogP) is -2.07. The second kappa shape index (κ2) is 8.15. The van der Waals surface area contributed by atoms with Crippen LogP contribution in [0.1, 0.15) is 0 Å². The Labute approximate surface area is 184 Å². The number of fused-ring (bicyclic) bond motifs is 3. The number of hydrogen-bond acceptors (Lipinski definition) is 14. The minimum Gasteiger partial charge on any atom is -0.387 e. The van der Waals surface area contributed by atoms with Gasteiger partial charge in [0.05, 0.1) is 13.2 Å². The molecule has 3 aliphatic heterocycles. The lowest BCUT2D eigenvalue weighted by atomic mass is 10.1. The van der Waals surface area contributed by atoms with E-state index in [-0.39, 0.29) is 12.0 Å². The number of nitrogen functional groups attached to an aromatic ring is 1. The molecular weight excluding hydrogens is 519 g/mol. The summed E-state index contributed by atoms with van der Waals surface area (Å²) in [4.78, 5) is 48.1. The summed E-state index contributed by atoms with van der Waals surface area (Å²) in [5, 5.41) is 20.8. The van der Waals surface area contributed by atoms with Crippen LogP contribution in [-0.4, -0.2) is 83.6 Å². The second-order valence-corrected chi connectivity index (χ2v) is 12.8. The van der Waals surface area contributed by atoms with E-state index in [1.807, 2.05) is 4.90 Å². The number of hydrogen-bond donors (Lipinski definition) is 7. The maximum Gasteiger partial charge on any atom is 0.488 e. The fourth-order valence-electron chi connectivity index (χ4n) is 3.45. The summed E-state index contributed by atoms with van der Waals surface area (Å²) >= 11 is 3.99. The lowest BCUT2D eigenvalue weighted by Crippen LogP contribution is -2.45. The molecule has 3 aliphatic rings. The van der Waals surface area contributed by atoms with E-state index in [9.17, 15) is 29.1 Å². The number of aromatic nitrogens is 2. The molecule has 1 aromatic heterocycles. The lowest BCUT2D eigenvalue weighted by molar-refractivity contribution is -0.0222. The zero-order valence-corrected chi connectivity index (χ0v) is 19.1. The van der Waals surface area contributed by atoms with Gasteiger partial charge in [-0.15, -0.1) is 0 Å². The third kappa shape index (κ3) is 4.85. The molecule has 0 aliphatic carbocycles. The highest BCUT2D eigenvalue weighted by Gasteiger charge is 2.58. The zero-order chi connectivity index (χ0) is 23.6. The Morgan fingerprint density at radius 3 is 2.50 bits per heavy atom. The van der Waals surface area contributed by atoms with Crippen LogP contribution in [-0.2, 0) is 38.8 Å². The molecule has 0 bridgehead atoms. The summed E-state index contributed by atoms with van der Waals surface area (Å²) in [6.45, 7) is -5.02. The van der Waals surface area contributed by atoms with Crippen molar-refractivity contribution in [3.8, 4) is 0 Å². The van der Waals surface area contributed by atoms with Gasteiger partial charge < -0.3 is 50.1 Å². The quantitative estimate of drug-likeness (QED) is 0.139. The molecule has 0 spiro atoms. The molecule has 180 valence electrons. The minimum atomic E-state index is -5.48. The molecule has 32 heavy (non-hydrogen) atoms. The molecule has 4 rings (SSSR count). The first-order chi connectivity index (χ1) is 14.7. The number of phosphoric acid groups is 2. The summed E-state index contributed by atoms with van der Waals surface area (Å²) in [5.41, 5.74) is 6.41. The van der Waals surface area contributed by atoms with Crippen molar-refractivity contribution >= 4 is 51.5 Å². The van der Waals surface area contributed by atoms with Crippen LogP contribution in [0.4, 0.5) is 17.3 Å². The van der Waals surface area contributed by atoms with E-state index in [0.29, 0.717) is 18.1 Å². The number of nitrogens with zero attached hydrogens (tertiary/aromatic N) is 4. The average molecular weight is 537 g/mol. The molecular formula is C11H18N5O12P3S. The van der Waals surface area contributed by atoms with Gasteiger partial charge in [-0.1, -0.05) is 0 Å². The fourth-order valence-corrected chi connectivity index (χ4v) is 7.24. The zero-order valence-electron chi connectivity index (χ0n) is 15.6. The number of anilines is 3. The molecule has 0 aromatic carbocycles. The first-order valence-corrected chi connectivity index (χ1v) is 14.3. The topological polar surface area (TPSA) is 250 Å². The Kier molecular flexibility index (Phi) is 6.19. The van der Waals surface area contributed by atoms with Gasteiger partial charge in [0, 0.05) is 0 Å². The Hall–Kier alpha value is -0.810. The fraction of sp³-hybridized carbons (Fsp3) is 0.636. The van der Waals surface area contributed by atoms with E-state index in [2.05, 4.69) is 34.9 Å². The summed E-state index contributed by atoms with van der Waals surface area (Å²) in [6, 6.07) is 0. The highest BCUT2D eigenvalue weighted by molar-refractivity contribution is 8.08. The molecule has 17 nitrogen and oxygen atoms in total. The number of rotatable bonds is 8. The molecule has 2 fully saturated rings. The van der Waals surface area contributed by atoms with Crippen LogP contribution in [0.3, 0.4) is 0 Å². The molecule has 2 unspecified atom stereocenters. The van der Waals surface area contributed by atoms with Crippen LogP contribution >= 0.6 is 22.4 Å². The van der Waals surface area contributed by atoms with Crippen molar-refractivity contribution < 1.29 is 56.8 Å². The molecule has 4 heterocycles. The largest absolute Gasteiger partial charge is 0.488 e. The molecule has 8 N–H and O–H groups in total. The van der Waals surface area contributed by atoms with Gasteiger partial charge in [-0.05, 0) is 11.8 Å². The van der Waals surface area contributed by atoms with Gasteiger partial charge >= 0.3 is 22.4 Å². The summed E-state index contributed by atoms with van der Waals surface area (Å²) in [6.07, 6.45) is -4.61. The standard InChI is InChI=1S/C11H18N5O12P3S/c12-9-6-10(14-3-13-9)16(5-1-15(5)6)11-8(18)7(17)4(26-11)2-25-29(19,20)27-30(21,22)28-31(23,24)32/h3-5,7-8,11,17-18H,1-2H2,(H,19,20)(H,21,22)(H2,12,13,14)(H2,23,24,32)/t4-,5+,7-,8-,11-,15?/m1/s1. The smallest absolute Gasteiger partial charge is 0.387 e. The Morgan fingerprint density at radius 1 is 1.16 bits per heavy atom. The van der Waals surface area contributed by atoms with Gasteiger partial charge in [-0.25, -0.2) is 23.4 Å². The highest BCUT2D eigenvalue weighted by atomic mass is 32.5. The number of nitrogens with two attached hydrogens (primary N) is 1. The normalized spacial score (nSPS) is 32.9. The maximum atomic E-state index is 11.9. The van der Waals surface area contributed by atoms with Crippen molar-refractivity contribution in [2.75, 3.05) is 28.7 Å². The number of aliphatic hydroxyl groups excluding tert-OH is 2. The van der Waals surface area contributed by atoms with Gasteiger partial charge in [-0.3, -0.25) is 4.52 Å². The second-order valence-electron chi connectivity index (χ2n) is 6.90. The minimum absolute atomic E-state index is 0.221. The van der Waals surface area contributed by atoms with Gasteiger partial charge in [0.2, 0.25) is 0 Å². The number of ether oxygens (including phenoxy) is 1. The molecule has 7 atom stereocenters. The summed E-state index contributed by atoms with van der Waals surface area (Å²) < 4.78 is 41.3. The Bertz CT molecular complexity index is 1060. The van der Waals surface area contributed by atoms with Gasteiger partial charge in [0.1, 0.15) is 36.5 Å².